The summed E-state index contributed by atoms with van der Waals surface area (Å²) < 4.78 is 0. The number of amides is 3. The van der Waals surface area contributed by atoms with Crippen LogP contribution in [0.25, 0.3) is 6.08 Å². The Morgan fingerprint density at radius 3 is 2.18 bits per heavy atom. The predicted molar refractivity (Wildman–Crippen MR) is 159 cm³/mol. The maximum atomic E-state index is 13.3. The molecule has 0 aliphatic rings. The highest BCUT2D eigenvalue weighted by molar-refractivity contribution is 8.00. The molecule has 0 unspecified atom stereocenters. The SMILES string of the molecule is Cc1ccccc1/C=C(\NC(=O)c1ccccc1)C(=O)Nc1cccc(SCC(=O)Nc2ccccc2C)c1. The first-order valence-electron chi connectivity index (χ1n) is 12.4. The van der Waals surface area contributed by atoms with Gasteiger partial charge in [-0.05, 0) is 73.0 Å². The van der Waals surface area contributed by atoms with Crippen LogP contribution in [0.3, 0.4) is 0 Å². The van der Waals surface area contributed by atoms with E-state index in [0.29, 0.717) is 11.3 Å². The normalized spacial score (nSPS) is 11.0. The van der Waals surface area contributed by atoms with Crippen molar-refractivity contribution < 1.29 is 14.4 Å². The van der Waals surface area contributed by atoms with Gasteiger partial charge in [-0.15, -0.1) is 11.8 Å². The van der Waals surface area contributed by atoms with Crippen molar-refractivity contribution in [3.8, 4) is 0 Å². The van der Waals surface area contributed by atoms with Crippen LogP contribution in [0.15, 0.2) is 114 Å². The Morgan fingerprint density at radius 1 is 0.744 bits per heavy atom. The van der Waals surface area contributed by atoms with E-state index >= 15 is 0 Å². The lowest BCUT2D eigenvalue weighted by Crippen LogP contribution is -2.30. The second-order valence-corrected chi connectivity index (χ2v) is 9.92. The standard InChI is InChI=1S/C32H29N3O3S/c1-22-11-6-8-15-25(22)19-29(35-31(37)24-13-4-3-5-14-24)32(38)33-26-16-10-17-27(20-26)39-21-30(36)34-28-18-9-7-12-23(28)2/h3-20H,21H2,1-2H3,(H,33,38)(H,34,36)(H,35,37)/b29-19-. The molecule has 6 nitrogen and oxygen atoms in total. The summed E-state index contributed by atoms with van der Waals surface area (Å²) in [5, 5.41) is 8.57. The van der Waals surface area contributed by atoms with E-state index in [0.717, 1.165) is 27.3 Å². The fourth-order valence-corrected chi connectivity index (χ4v) is 4.51. The van der Waals surface area contributed by atoms with Crippen LogP contribution in [-0.4, -0.2) is 23.5 Å². The third-order valence-corrected chi connectivity index (χ3v) is 6.89. The predicted octanol–water partition coefficient (Wildman–Crippen LogP) is 6.44. The van der Waals surface area contributed by atoms with E-state index in [1.165, 1.54) is 11.8 Å². The minimum absolute atomic E-state index is 0.115. The van der Waals surface area contributed by atoms with Gasteiger partial charge in [0.25, 0.3) is 11.8 Å². The largest absolute Gasteiger partial charge is 0.325 e. The van der Waals surface area contributed by atoms with Gasteiger partial charge < -0.3 is 16.0 Å². The minimum Gasteiger partial charge on any atom is -0.325 e. The van der Waals surface area contributed by atoms with Crippen molar-refractivity contribution in [1.29, 1.82) is 0 Å². The van der Waals surface area contributed by atoms with Gasteiger partial charge in [0.15, 0.2) is 0 Å². The first kappa shape index (κ1) is 27.4. The van der Waals surface area contributed by atoms with Gasteiger partial charge >= 0.3 is 0 Å². The number of carbonyl (C=O) groups is 3. The Hall–Kier alpha value is -4.62. The van der Waals surface area contributed by atoms with Crippen LogP contribution in [0.2, 0.25) is 0 Å². The van der Waals surface area contributed by atoms with Crippen molar-refractivity contribution in [2.75, 3.05) is 16.4 Å². The number of anilines is 2. The maximum absolute atomic E-state index is 13.3. The van der Waals surface area contributed by atoms with Crippen molar-refractivity contribution >= 4 is 46.9 Å². The van der Waals surface area contributed by atoms with Crippen LogP contribution in [0, 0.1) is 13.8 Å². The molecule has 0 saturated heterocycles. The zero-order valence-electron chi connectivity index (χ0n) is 21.7. The van der Waals surface area contributed by atoms with Gasteiger partial charge in [0.2, 0.25) is 5.91 Å². The molecule has 39 heavy (non-hydrogen) atoms. The number of para-hydroxylation sites is 1. The molecule has 4 aromatic rings. The summed E-state index contributed by atoms with van der Waals surface area (Å²) in [6.45, 7) is 3.88. The first-order valence-corrected chi connectivity index (χ1v) is 13.4. The average molecular weight is 536 g/mol. The van der Waals surface area contributed by atoms with Gasteiger partial charge in [0.1, 0.15) is 5.70 Å². The third kappa shape index (κ3) is 7.93. The van der Waals surface area contributed by atoms with Crippen molar-refractivity contribution in [3.63, 3.8) is 0 Å². The molecule has 3 amide bonds. The zero-order chi connectivity index (χ0) is 27.6. The fraction of sp³-hybridized carbons (Fsp3) is 0.0938. The summed E-state index contributed by atoms with van der Waals surface area (Å²) in [7, 11) is 0. The van der Waals surface area contributed by atoms with Gasteiger partial charge in [0, 0.05) is 21.8 Å². The molecular formula is C32H29N3O3S. The lowest BCUT2D eigenvalue weighted by Gasteiger charge is -2.13. The molecule has 0 atom stereocenters. The molecule has 4 rings (SSSR count). The maximum Gasteiger partial charge on any atom is 0.272 e. The number of benzene rings is 4. The van der Waals surface area contributed by atoms with Crippen LogP contribution < -0.4 is 16.0 Å². The monoisotopic (exact) mass is 535 g/mol. The number of thioether (sulfide) groups is 1. The van der Waals surface area contributed by atoms with E-state index in [-0.39, 0.29) is 23.3 Å². The first-order chi connectivity index (χ1) is 18.9. The number of aryl methyl sites for hydroxylation is 2. The molecule has 0 saturated carbocycles. The van der Waals surface area contributed by atoms with Crippen LogP contribution in [0.1, 0.15) is 27.0 Å². The Bertz CT molecular complexity index is 1520. The summed E-state index contributed by atoms with van der Waals surface area (Å²) in [5.74, 6) is -0.732. The van der Waals surface area contributed by atoms with Crippen LogP contribution >= 0.6 is 11.8 Å². The summed E-state index contributed by atoms with van der Waals surface area (Å²) in [6.07, 6.45) is 1.67. The highest BCUT2D eigenvalue weighted by Crippen LogP contribution is 2.23. The van der Waals surface area contributed by atoms with Gasteiger partial charge in [-0.2, -0.15) is 0 Å². The van der Waals surface area contributed by atoms with Crippen molar-refractivity contribution in [3.05, 3.63) is 131 Å². The average Bonchev–Trinajstić information content (AvgIpc) is 2.94. The van der Waals surface area contributed by atoms with E-state index < -0.39 is 5.91 Å². The van der Waals surface area contributed by atoms with E-state index in [9.17, 15) is 14.4 Å². The van der Waals surface area contributed by atoms with E-state index in [1.54, 1.807) is 42.5 Å². The van der Waals surface area contributed by atoms with Gasteiger partial charge in [0.05, 0.1) is 5.75 Å². The molecule has 7 heteroatoms. The van der Waals surface area contributed by atoms with Crippen molar-refractivity contribution in [2.24, 2.45) is 0 Å². The second-order valence-electron chi connectivity index (χ2n) is 8.87. The second kappa shape index (κ2) is 13.3. The smallest absolute Gasteiger partial charge is 0.272 e. The zero-order valence-corrected chi connectivity index (χ0v) is 22.5. The van der Waals surface area contributed by atoms with Gasteiger partial charge in [-0.1, -0.05) is 66.7 Å². The Kier molecular flexibility index (Phi) is 9.32. The van der Waals surface area contributed by atoms with Crippen LogP contribution in [-0.2, 0) is 9.59 Å². The number of hydrogen-bond donors (Lipinski definition) is 3. The molecule has 0 bridgehead atoms. The van der Waals surface area contributed by atoms with E-state index in [1.807, 2.05) is 80.6 Å². The molecule has 3 N–H and O–H groups in total. The summed E-state index contributed by atoms with van der Waals surface area (Å²) in [6, 6.07) is 31.2. The Labute approximate surface area is 232 Å². The Balaban J connectivity index is 1.46. The highest BCUT2D eigenvalue weighted by atomic mass is 32.2. The Morgan fingerprint density at radius 2 is 1.44 bits per heavy atom. The molecule has 0 aliphatic carbocycles. The summed E-state index contributed by atoms with van der Waals surface area (Å²) >= 11 is 1.37. The number of rotatable bonds is 9. The highest BCUT2D eigenvalue weighted by Gasteiger charge is 2.16. The summed E-state index contributed by atoms with van der Waals surface area (Å²) in [4.78, 5) is 39.5. The molecule has 0 spiro atoms. The molecule has 196 valence electrons. The molecular weight excluding hydrogens is 506 g/mol. The van der Waals surface area contributed by atoms with Crippen LogP contribution in [0.4, 0.5) is 11.4 Å². The lowest BCUT2D eigenvalue weighted by atomic mass is 10.1. The fourth-order valence-electron chi connectivity index (χ4n) is 3.76. The van der Waals surface area contributed by atoms with E-state index in [2.05, 4.69) is 16.0 Å². The molecule has 0 aromatic heterocycles. The van der Waals surface area contributed by atoms with Gasteiger partial charge in [-0.25, -0.2) is 0 Å². The number of nitrogens with one attached hydrogen (secondary N) is 3. The number of carbonyl (C=O) groups excluding carboxylic acids is 3. The number of hydrogen-bond acceptors (Lipinski definition) is 4. The van der Waals surface area contributed by atoms with Crippen molar-refractivity contribution in [2.45, 2.75) is 18.7 Å². The summed E-state index contributed by atoms with van der Waals surface area (Å²) in [5.41, 5.74) is 4.69. The molecule has 0 radical (unpaired) electrons. The molecule has 4 aromatic carbocycles. The van der Waals surface area contributed by atoms with Crippen molar-refractivity contribution in [1.82, 2.24) is 5.32 Å². The topological polar surface area (TPSA) is 87.3 Å². The molecule has 0 fully saturated rings. The van der Waals surface area contributed by atoms with E-state index in [4.69, 9.17) is 0 Å². The van der Waals surface area contributed by atoms with Gasteiger partial charge in [-0.3, -0.25) is 14.4 Å². The minimum atomic E-state index is -0.456. The third-order valence-electron chi connectivity index (χ3n) is 5.90. The lowest BCUT2D eigenvalue weighted by molar-refractivity contribution is -0.114. The quantitative estimate of drug-likeness (QED) is 0.170. The van der Waals surface area contributed by atoms with Crippen LogP contribution in [0.5, 0.6) is 0 Å². The molecule has 0 aliphatic heterocycles. The molecule has 0 heterocycles.